The van der Waals surface area contributed by atoms with E-state index in [4.69, 9.17) is 5.14 Å². The van der Waals surface area contributed by atoms with Gasteiger partial charge in [-0.05, 0) is 55.0 Å². The molecule has 8 nitrogen and oxygen atoms in total. The van der Waals surface area contributed by atoms with Gasteiger partial charge < -0.3 is 4.90 Å². The summed E-state index contributed by atoms with van der Waals surface area (Å²) in [7, 11) is -4.63. The molecule has 1 unspecified atom stereocenters. The van der Waals surface area contributed by atoms with Gasteiger partial charge >= 0.3 is 0 Å². The van der Waals surface area contributed by atoms with E-state index in [-0.39, 0.29) is 21.3 Å². The number of hydrogen-bond acceptors (Lipinski definition) is 5. The molecule has 2 N–H and O–H groups in total. The third-order valence-corrected chi connectivity index (χ3v) is 8.16. The SMILES string of the molecule is CC(c1ccc(S(N)(=O)=O)cc1)N(C)C(=O)c1cccc(S(=O)(=O)N(C)c2ccccc2)c1. The molecule has 1 amide bonds. The van der Waals surface area contributed by atoms with E-state index in [2.05, 4.69) is 0 Å². The van der Waals surface area contributed by atoms with Crippen LogP contribution in [0.5, 0.6) is 0 Å². The third-order valence-electron chi connectivity index (χ3n) is 5.45. The first-order valence-electron chi connectivity index (χ1n) is 9.97. The minimum atomic E-state index is -3.87. The Bertz CT molecular complexity index is 1360. The lowest BCUT2D eigenvalue weighted by molar-refractivity contribution is 0.0742. The lowest BCUT2D eigenvalue weighted by Gasteiger charge is -2.26. The summed E-state index contributed by atoms with van der Waals surface area (Å²) in [4.78, 5) is 14.5. The molecule has 0 radical (unpaired) electrons. The summed E-state index contributed by atoms with van der Waals surface area (Å²) in [6.45, 7) is 1.79. The van der Waals surface area contributed by atoms with Crippen molar-refractivity contribution in [2.24, 2.45) is 5.14 Å². The standard InChI is InChI=1S/C23H25N3O5S2/c1-17(18-12-14-21(15-13-18)32(24,28)29)25(2)23(27)19-8-7-11-22(16-19)33(30,31)26(3)20-9-5-4-6-10-20/h4-17H,1-3H3,(H2,24,28,29). The Morgan fingerprint density at radius 1 is 0.818 bits per heavy atom. The minimum absolute atomic E-state index is 0.00161. The Labute approximate surface area is 194 Å². The number of nitrogens with zero attached hydrogens (tertiary/aromatic N) is 2. The van der Waals surface area contributed by atoms with Crippen molar-refractivity contribution in [2.45, 2.75) is 22.8 Å². The van der Waals surface area contributed by atoms with Crippen LogP contribution in [0.15, 0.2) is 88.7 Å². The van der Waals surface area contributed by atoms with Crippen molar-refractivity contribution < 1.29 is 21.6 Å². The molecule has 0 bridgehead atoms. The lowest BCUT2D eigenvalue weighted by atomic mass is 10.1. The van der Waals surface area contributed by atoms with E-state index in [1.165, 1.54) is 42.3 Å². The van der Waals surface area contributed by atoms with Crippen LogP contribution < -0.4 is 9.44 Å². The summed E-state index contributed by atoms with van der Waals surface area (Å²) < 4.78 is 50.2. The molecule has 0 aromatic heterocycles. The second-order valence-corrected chi connectivity index (χ2v) is 11.1. The molecule has 0 heterocycles. The number of para-hydroxylation sites is 1. The molecule has 10 heteroatoms. The summed E-state index contributed by atoms with van der Waals surface area (Å²) in [5, 5.41) is 5.13. The van der Waals surface area contributed by atoms with Crippen molar-refractivity contribution in [3.63, 3.8) is 0 Å². The van der Waals surface area contributed by atoms with E-state index in [0.29, 0.717) is 11.3 Å². The maximum atomic E-state index is 13.1. The average Bonchev–Trinajstić information content (AvgIpc) is 2.82. The van der Waals surface area contributed by atoms with Gasteiger partial charge in [0.15, 0.2) is 0 Å². The first-order valence-corrected chi connectivity index (χ1v) is 13.0. The van der Waals surface area contributed by atoms with E-state index < -0.39 is 26.1 Å². The maximum Gasteiger partial charge on any atom is 0.264 e. The van der Waals surface area contributed by atoms with Crippen molar-refractivity contribution >= 4 is 31.6 Å². The number of nitrogens with two attached hydrogens (primary N) is 1. The lowest BCUT2D eigenvalue weighted by Crippen LogP contribution is -2.30. The van der Waals surface area contributed by atoms with Gasteiger partial charge in [-0.2, -0.15) is 0 Å². The van der Waals surface area contributed by atoms with Gasteiger partial charge in [-0.15, -0.1) is 0 Å². The highest BCUT2D eigenvalue weighted by Gasteiger charge is 2.24. The predicted molar refractivity (Wildman–Crippen MR) is 127 cm³/mol. The number of rotatable bonds is 7. The number of benzene rings is 3. The Balaban J connectivity index is 1.85. The second kappa shape index (κ2) is 9.34. The zero-order valence-corrected chi connectivity index (χ0v) is 20.0. The van der Waals surface area contributed by atoms with E-state index in [1.807, 2.05) is 0 Å². The molecule has 0 spiro atoms. The van der Waals surface area contributed by atoms with E-state index in [0.717, 1.165) is 4.31 Å². The van der Waals surface area contributed by atoms with Crippen molar-refractivity contribution in [3.05, 3.63) is 90.0 Å². The molecule has 0 saturated carbocycles. The summed E-state index contributed by atoms with van der Waals surface area (Å²) in [6, 6.07) is 20.1. The van der Waals surface area contributed by atoms with Crippen LogP contribution in [-0.2, 0) is 20.0 Å². The van der Waals surface area contributed by atoms with Crippen LogP contribution in [0.4, 0.5) is 5.69 Å². The minimum Gasteiger partial charge on any atom is -0.335 e. The number of anilines is 1. The monoisotopic (exact) mass is 487 g/mol. The summed E-state index contributed by atoms with van der Waals surface area (Å²) in [6.07, 6.45) is 0. The average molecular weight is 488 g/mol. The number of carbonyl (C=O) groups excluding carboxylic acids is 1. The van der Waals surface area contributed by atoms with Crippen LogP contribution >= 0.6 is 0 Å². The highest BCUT2D eigenvalue weighted by molar-refractivity contribution is 7.92. The molecule has 174 valence electrons. The summed E-state index contributed by atoms with van der Waals surface area (Å²) in [5.41, 5.74) is 1.42. The molecule has 0 aliphatic rings. The smallest absolute Gasteiger partial charge is 0.264 e. The first kappa shape index (κ1) is 24.4. The van der Waals surface area contributed by atoms with Gasteiger partial charge in [-0.25, -0.2) is 22.0 Å². The Morgan fingerprint density at radius 3 is 2.00 bits per heavy atom. The quantitative estimate of drug-likeness (QED) is 0.550. The Kier molecular flexibility index (Phi) is 6.92. The second-order valence-electron chi connectivity index (χ2n) is 7.54. The predicted octanol–water partition coefficient (Wildman–Crippen LogP) is 2.99. The van der Waals surface area contributed by atoms with Gasteiger partial charge in [0, 0.05) is 19.7 Å². The summed E-state index contributed by atoms with van der Waals surface area (Å²) >= 11 is 0. The zero-order chi connectivity index (χ0) is 24.4. The normalized spacial score (nSPS) is 12.7. The van der Waals surface area contributed by atoms with Crippen LogP contribution in [0.2, 0.25) is 0 Å². The molecule has 0 fully saturated rings. The molecule has 1 atom stereocenters. The van der Waals surface area contributed by atoms with E-state index >= 15 is 0 Å². The van der Waals surface area contributed by atoms with Crippen LogP contribution in [0.3, 0.4) is 0 Å². The fraction of sp³-hybridized carbons (Fsp3) is 0.174. The molecular formula is C23H25N3O5S2. The maximum absolute atomic E-state index is 13.1. The Hall–Kier alpha value is -3.21. The largest absolute Gasteiger partial charge is 0.335 e. The van der Waals surface area contributed by atoms with Gasteiger partial charge in [-0.3, -0.25) is 9.10 Å². The van der Waals surface area contributed by atoms with E-state index in [1.54, 1.807) is 62.5 Å². The van der Waals surface area contributed by atoms with Gasteiger partial charge in [0.1, 0.15) is 0 Å². The molecule has 0 aliphatic heterocycles. The number of sulfonamides is 2. The van der Waals surface area contributed by atoms with Crippen LogP contribution in [-0.4, -0.2) is 41.7 Å². The topological polar surface area (TPSA) is 118 Å². The van der Waals surface area contributed by atoms with Gasteiger partial charge in [0.2, 0.25) is 10.0 Å². The number of primary sulfonamides is 1. The van der Waals surface area contributed by atoms with Crippen LogP contribution in [0, 0.1) is 0 Å². The number of hydrogen-bond donors (Lipinski definition) is 1. The van der Waals surface area contributed by atoms with Crippen molar-refractivity contribution in [1.29, 1.82) is 0 Å². The summed E-state index contributed by atoms with van der Waals surface area (Å²) in [5.74, 6) is -0.377. The van der Waals surface area contributed by atoms with Crippen molar-refractivity contribution in [2.75, 3.05) is 18.4 Å². The number of carbonyl (C=O) groups is 1. The van der Waals surface area contributed by atoms with Crippen LogP contribution in [0.25, 0.3) is 0 Å². The van der Waals surface area contributed by atoms with Crippen molar-refractivity contribution in [3.8, 4) is 0 Å². The molecule has 3 aromatic rings. The molecule has 3 aromatic carbocycles. The fourth-order valence-corrected chi connectivity index (χ4v) is 5.02. The molecule has 33 heavy (non-hydrogen) atoms. The van der Waals surface area contributed by atoms with Gasteiger partial charge in [0.25, 0.3) is 15.9 Å². The molecular weight excluding hydrogens is 462 g/mol. The third kappa shape index (κ3) is 5.24. The van der Waals surface area contributed by atoms with Crippen molar-refractivity contribution in [1.82, 2.24) is 4.90 Å². The van der Waals surface area contributed by atoms with Crippen LogP contribution in [0.1, 0.15) is 28.9 Å². The zero-order valence-electron chi connectivity index (χ0n) is 18.4. The Morgan fingerprint density at radius 2 is 1.42 bits per heavy atom. The van der Waals surface area contributed by atoms with Gasteiger partial charge in [0.05, 0.1) is 21.5 Å². The highest BCUT2D eigenvalue weighted by Crippen LogP contribution is 2.25. The molecule has 0 saturated heterocycles. The highest BCUT2D eigenvalue weighted by atomic mass is 32.2. The number of amides is 1. The fourth-order valence-electron chi connectivity index (χ4n) is 3.26. The molecule has 3 rings (SSSR count). The van der Waals surface area contributed by atoms with Gasteiger partial charge in [-0.1, -0.05) is 36.4 Å². The molecule has 0 aliphatic carbocycles. The van der Waals surface area contributed by atoms with E-state index in [9.17, 15) is 21.6 Å². The first-order chi connectivity index (χ1) is 15.4.